The molecule has 8 nitrogen and oxygen atoms in total. The first-order valence-corrected chi connectivity index (χ1v) is 6.43. The van der Waals surface area contributed by atoms with Crippen molar-refractivity contribution in [3.63, 3.8) is 0 Å². The van der Waals surface area contributed by atoms with Crippen LogP contribution in [0.5, 0.6) is 0 Å². The molecular formula is C13H15N5O3. The Morgan fingerprint density at radius 1 is 1.62 bits per heavy atom. The van der Waals surface area contributed by atoms with Gasteiger partial charge in [0.05, 0.1) is 28.6 Å². The molecule has 1 atom stereocenters. The van der Waals surface area contributed by atoms with Gasteiger partial charge in [-0.05, 0) is 24.6 Å². The summed E-state index contributed by atoms with van der Waals surface area (Å²) in [6.45, 7) is 0.967. The second-order valence-electron chi connectivity index (χ2n) is 4.86. The fourth-order valence-electron chi connectivity index (χ4n) is 2.57. The molecule has 0 unspecified atom stereocenters. The summed E-state index contributed by atoms with van der Waals surface area (Å²) in [5.41, 5.74) is 5.19. The van der Waals surface area contributed by atoms with Crippen LogP contribution in [-0.2, 0) is 10.3 Å². The molecule has 0 aliphatic carbocycles. The number of amides is 1. The Hall–Kier alpha value is -2.50. The molecule has 1 fully saturated rings. The number of benzene rings is 1. The Bertz CT molecular complexity index is 617. The molecule has 1 heterocycles. The summed E-state index contributed by atoms with van der Waals surface area (Å²) < 4.78 is 0. The summed E-state index contributed by atoms with van der Waals surface area (Å²) in [5, 5.41) is 26.0. The fraction of sp³-hybridized carbons (Fsp3) is 0.385. The Balaban J connectivity index is 2.48. The number of nitrogens with zero attached hydrogens (tertiary/aromatic N) is 2. The van der Waals surface area contributed by atoms with E-state index in [2.05, 4.69) is 10.6 Å². The number of nitrogens with two attached hydrogens (primary N) is 1. The van der Waals surface area contributed by atoms with Crippen molar-refractivity contribution >= 4 is 11.6 Å². The molecule has 110 valence electrons. The number of rotatable bonds is 4. The van der Waals surface area contributed by atoms with Crippen molar-refractivity contribution in [3.8, 4) is 6.07 Å². The fourth-order valence-corrected chi connectivity index (χ4v) is 2.57. The molecule has 21 heavy (non-hydrogen) atoms. The molecule has 0 bridgehead atoms. The Morgan fingerprint density at radius 3 is 2.90 bits per heavy atom. The summed E-state index contributed by atoms with van der Waals surface area (Å²) in [4.78, 5) is 21.9. The number of nitro benzene ring substituents is 1. The molecule has 1 aromatic carbocycles. The molecule has 0 saturated carbocycles. The molecule has 1 saturated heterocycles. The van der Waals surface area contributed by atoms with Gasteiger partial charge in [-0.1, -0.05) is 0 Å². The monoisotopic (exact) mass is 289 g/mol. The van der Waals surface area contributed by atoms with Gasteiger partial charge >= 0.3 is 0 Å². The van der Waals surface area contributed by atoms with Gasteiger partial charge < -0.3 is 16.4 Å². The van der Waals surface area contributed by atoms with Crippen molar-refractivity contribution in [1.82, 2.24) is 10.6 Å². The lowest BCUT2D eigenvalue weighted by atomic mass is 9.85. The van der Waals surface area contributed by atoms with Crippen LogP contribution in [0.2, 0.25) is 0 Å². The van der Waals surface area contributed by atoms with Crippen LogP contribution in [0.3, 0.4) is 0 Å². The molecule has 1 amide bonds. The largest absolute Gasteiger partial charge is 0.344 e. The summed E-state index contributed by atoms with van der Waals surface area (Å²) in [5.74, 6) is -0.332. The molecule has 8 heteroatoms. The zero-order chi connectivity index (χ0) is 15.5. The number of nitrogens with one attached hydrogen (secondary N) is 2. The minimum Gasteiger partial charge on any atom is -0.344 e. The van der Waals surface area contributed by atoms with E-state index in [0.29, 0.717) is 25.1 Å². The number of nitro groups is 1. The first kappa shape index (κ1) is 14.9. The van der Waals surface area contributed by atoms with Crippen LogP contribution in [0.1, 0.15) is 17.5 Å². The topological polar surface area (TPSA) is 134 Å². The normalized spacial score (nSPS) is 20.8. The maximum atomic E-state index is 11.7. The zero-order valence-electron chi connectivity index (χ0n) is 11.3. The van der Waals surface area contributed by atoms with E-state index < -0.39 is 10.5 Å². The third kappa shape index (κ3) is 2.84. The van der Waals surface area contributed by atoms with E-state index >= 15 is 0 Å². The third-order valence-electron chi connectivity index (χ3n) is 3.57. The molecular weight excluding hydrogens is 274 g/mol. The van der Waals surface area contributed by atoms with Crippen LogP contribution in [0.15, 0.2) is 18.2 Å². The predicted molar refractivity (Wildman–Crippen MR) is 74.2 cm³/mol. The minimum absolute atomic E-state index is 0.151. The number of non-ortho nitro benzene ring substituents is 1. The van der Waals surface area contributed by atoms with E-state index in [0.717, 1.165) is 0 Å². The van der Waals surface area contributed by atoms with Gasteiger partial charge in [0.15, 0.2) is 0 Å². The van der Waals surface area contributed by atoms with Crippen LogP contribution < -0.4 is 16.4 Å². The van der Waals surface area contributed by atoms with Crippen LogP contribution in [0.4, 0.5) is 5.69 Å². The highest BCUT2D eigenvalue weighted by atomic mass is 16.6. The number of carbonyl (C=O) groups is 1. The van der Waals surface area contributed by atoms with Crippen molar-refractivity contribution in [1.29, 1.82) is 5.26 Å². The number of hydrogen-bond donors (Lipinski definition) is 3. The van der Waals surface area contributed by atoms with Gasteiger partial charge in [-0.15, -0.1) is 0 Å². The SMILES string of the molecule is N#Cc1cc([N+](=O)[O-])ccc1[C@@]1(NC(=O)CN)CCNC1. The van der Waals surface area contributed by atoms with E-state index in [1.165, 1.54) is 18.2 Å². The molecule has 0 spiro atoms. The zero-order valence-corrected chi connectivity index (χ0v) is 11.3. The molecule has 2 rings (SSSR count). The van der Waals surface area contributed by atoms with E-state index in [1.54, 1.807) is 0 Å². The third-order valence-corrected chi connectivity index (χ3v) is 3.57. The van der Waals surface area contributed by atoms with Gasteiger partial charge in [-0.2, -0.15) is 5.26 Å². The Morgan fingerprint density at radius 2 is 2.38 bits per heavy atom. The summed E-state index contributed by atoms with van der Waals surface area (Å²) >= 11 is 0. The van der Waals surface area contributed by atoms with Gasteiger partial charge in [0.1, 0.15) is 0 Å². The highest BCUT2D eigenvalue weighted by molar-refractivity contribution is 5.79. The van der Waals surface area contributed by atoms with Crippen molar-refractivity contribution in [2.45, 2.75) is 12.0 Å². The van der Waals surface area contributed by atoms with Crippen molar-refractivity contribution < 1.29 is 9.72 Å². The van der Waals surface area contributed by atoms with Gasteiger partial charge in [0, 0.05) is 18.7 Å². The smallest absolute Gasteiger partial charge is 0.270 e. The Kier molecular flexibility index (Phi) is 4.16. The second kappa shape index (κ2) is 5.87. The highest BCUT2D eigenvalue weighted by Gasteiger charge is 2.39. The van der Waals surface area contributed by atoms with Crippen LogP contribution in [-0.4, -0.2) is 30.5 Å². The standard InChI is InChI=1S/C13H15N5O3/c14-6-9-5-10(18(20)21)1-2-11(9)13(3-4-16-8-13)17-12(19)7-15/h1-2,5,16H,3-4,7-8,15H2,(H,17,19)/t13-/m1/s1. The molecule has 4 N–H and O–H groups in total. The number of nitriles is 1. The van der Waals surface area contributed by atoms with Crippen LogP contribution in [0.25, 0.3) is 0 Å². The first-order valence-electron chi connectivity index (χ1n) is 6.43. The lowest BCUT2D eigenvalue weighted by molar-refractivity contribution is -0.384. The maximum absolute atomic E-state index is 11.7. The average molecular weight is 289 g/mol. The molecule has 1 aromatic rings. The van der Waals surface area contributed by atoms with Crippen LogP contribution in [0, 0.1) is 21.4 Å². The second-order valence-corrected chi connectivity index (χ2v) is 4.86. The van der Waals surface area contributed by atoms with E-state index in [1.807, 2.05) is 6.07 Å². The lowest BCUT2D eigenvalue weighted by Crippen LogP contribution is -2.49. The van der Waals surface area contributed by atoms with Gasteiger partial charge in [-0.25, -0.2) is 0 Å². The number of carbonyl (C=O) groups excluding carboxylic acids is 1. The van der Waals surface area contributed by atoms with Gasteiger partial charge in [-0.3, -0.25) is 14.9 Å². The first-order chi connectivity index (χ1) is 10.0. The predicted octanol–water partition coefficient (Wildman–Crippen LogP) is -0.270. The summed E-state index contributed by atoms with van der Waals surface area (Å²) in [7, 11) is 0. The number of hydrogen-bond acceptors (Lipinski definition) is 6. The van der Waals surface area contributed by atoms with Gasteiger partial charge in [0.2, 0.25) is 5.91 Å². The minimum atomic E-state index is -0.753. The summed E-state index contributed by atoms with van der Waals surface area (Å²) in [6.07, 6.45) is 0.589. The maximum Gasteiger partial charge on any atom is 0.270 e. The van der Waals surface area contributed by atoms with Crippen LogP contribution >= 0.6 is 0 Å². The van der Waals surface area contributed by atoms with E-state index in [9.17, 15) is 20.2 Å². The molecule has 1 aliphatic rings. The Labute approximate surface area is 121 Å². The van der Waals surface area contributed by atoms with Crippen molar-refractivity contribution in [3.05, 3.63) is 39.4 Å². The lowest BCUT2D eigenvalue weighted by Gasteiger charge is -2.30. The molecule has 1 aliphatic heterocycles. The van der Waals surface area contributed by atoms with Crippen molar-refractivity contribution in [2.24, 2.45) is 5.73 Å². The van der Waals surface area contributed by atoms with E-state index in [-0.39, 0.29) is 23.7 Å². The highest BCUT2D eigenvalue weighted by Crippen LogP contribution is 2.32. The van der Waals surface area contributed by atoms with E-state index in [4.69, 9.17) is 5.73 Å². The van der Waals surface area contributed by atoms with Gasteiger partial charge in [0.25, 0.3) is 5.69 Å². The molecule has 0 radical (unpaired) electrons. The molecule has 0 aromatic heterocycles. The summed E-state index contributed by atoms with van der Waals surface area (Å²) in [6, 6.07) is 6.06. The van der Waals surface area contributed by atoms with Crippen molar-refractivity contribution in [2.75, 3.05) is 19.6 Å². The average Bonchev–Trinajstić information content (AvgIpc) is 2.95. The quantitative estimate of drug-likeness (QED) is 0.516.